The second-order valence-electron chi connectivity index (χ2n) is 5.89. The van der Waals surface area contributed by atoms with E-state index < -0.39 is 23.8 Å². The third-order valence-electron chi connectivity index (χ3n) is 4.37. The Morgan fingerprint density at radius 2 is 1.64 bits per heavy atom. The van der Waals surface area contributed by atoms with Gasteiger partial charge in [0.05, 0.1) is 0 Å². The first kappa shape index (κ1) is 16.6. The van der Waals surface area contributed by atoms with Gasteiger partial charge in [0.25, 0.3) is 0 Å². The fourth-order valence-electron chi connectivity index (χ4n) is 3.18. The van der Waals surface area contributed by atoms with E-state index in [4.69, 9.17) is 0 Å². The Morgan fingerprint density at radius 1 is 0.920 bits per heavy atom. The molecule has 1 aromatic heterocycles. The minimum atomic E-state index is -1.54. The van der Waals surface area contributed by atoms with E-state index in [1.165, 1.54) is 6.20 Å². The van der Waals surface area contributed by atoms with E-state index >= 15 is 0 Å². The Kier molecular flexibility index (Phi) is 4.75. The van der Waals surface area contributed by atoms with Crippen LogP contribution in [0.2, 0.25) is 0 Å². The van der Waals surface area contributed by atoms with E-state index in [9.17, 15) is 19.8 Å². The number of benzene rings is 2. The number of hydrogen-bond donors (Lipinski definition) is 2. The first-order valence-corrected chi connectivity index (χ1v) is 7.90. The van der Waals surface area contributed by atoms with Gasteiger partial charge in [0.2, 0.25) is 0 Å². The van der Waals surface area contributed by atoms with Crippen LogP contribution in [0.4, 0.5) is 0 Å². The van der Waals surface area contributed by atoms with E-state index in [2.05, 4.69) is 4.98 Å². The molecule has 0 aliphatic rings. The number of nitrogens with zero attached hydrogens (tertiary/aromatic N) is 1. The summed E-state index contributed by atoms with van der Waals surface area (Å²) < 4.78 is 0. The first-order chi connectivity index (χ1) is 12.1. The summed E-state index contributed by atoms with van der Waals surface area (Å²) in [6.07, 6.45) is 3.42. The van der Waals surface area contributed by atoms with E-state index in [0.717, 1.165) is 16.3 Å². The van der Waals surface area contributed by atoms with Crippen LogP contribution in [0.25, 0.3) is 10.8 Å². The molecule has 1 atom stereocenters. The summed E-state index contributed by atoms with van der Waals surface area (Å²) in [4.78, 5) is 27.2. The molecule has 3 aromatic rings. The molecule has 0 aliphatic heterocycles. The van der Waals surface area contributed by atoms with Crippen molar-refractivity contribution in [3.05, 3.63) is 78.1 Å². The Labute approximate surface area is 144 Å². The summed E-state index contributed by atoms with van der Waals surface area (Å²) in [5, 5.41) is 21.0. The van der Waals surface area contributed by atoms with Crippen LogP contribution in [0.3, 0.4) is 0 Å². The highest BCUT2D eigenvalue weighted by molar-refractivity contribution is 5.94. The SMILES string of the molecule is O=C(O)C(C(=O)O)C(Cc1cccc2ccccc12)c1cccnc1. The summed E-state index contributed by atoms with van der Waals surface area (Å²) in [6.45, 7) is 0. The van der Waals surface area contributed by atoms with Crippen LogP contribution >= 0.6 is 0 Å². The maximum atomic E-state index is 11.6. The van der Waals surface area contributed by atoms with Gasteiger partial charge in [-0.2, -0.15) is 0 Å². The summed E-state index contributed by atoms with van der Waals surface area (Å²) in [5.74, 6) is -4.94. The second kappa shape index (κ2) is 7.13. The van der Waals surface area contributed by atoms with Crippen LogP contribution in [0.15, 0.2) is 67.0 Å². The average molecular weight is 335 g/mol. The summed E-state index contributed by atoms with van der Waals surface area (Å²) in [7, 11) is 0. The number of aliphatic carboxylic acids is 2. The molecule has 0 radical (unpaired) electrons. The van der Waals surface area contributed by atoms with Crippen LogP contribution in [-0.4, -0.2) is 27.1 Å². The van der Waals surface area contributed by atoms with Crippen LogP contribution in [0.5, 0.6) is 0 Å². The molecular weight excluding hydrogens is 318 g/mol. The third-order valence-corrected chi connectivity index (χ3v) is 4.37. The van der Waals surface area contributed by atoms with Gasteiger partial charge >= 0.3 is 11.9 Å². The standard InChI is InChI=1S/C20H17NO4/c22-19(23)18(20(24)25)17(15-8-4-10-21-12-15)11-14-7-3-6-13-5-1-2-9-16(13)14/h1-10,12,17-18H,11H2,(H,22,23)(H,24,25). The third kappa shape index (κ3) is 3.50. The second-order valence-corrected chi connectivity index (χ2v) is 5.89. The zero-order chi connectivity index (χ0) is 17.8. The molecule has 0 saturated carbocycles. The van der Waals surface area contributed by atoms with Crippen molar-refractivity contribution in [2.24, 2.45) is 5.92 Å². The maximum Gasteiger partial charge on any atom is 0.318 e. The molecule has 2 aromatic carbocycles. The lowest BCUT2D eigenvalue weighted by atomic mass is 9.81. The van der Waals surface area contributed by atoms with Crippen molar-refractivity contribution >= 4 is 22.7 Å². The van der Waals surface area contributed by atoms with Crippen molar-refractivity contribution in [2.75, 3.05) is 0 Å². The number of pyridine rings is 1. The molecule has 5 nitrogen and oxygen atoms in total. The molecule has 2 N–H and O–H groups in total. The number of carboxylic acids is 2. The lowest BCUT2D eigenvalue weighted by molar-refractivity contribution is -0.155. The molecule has 0 fully saturated rings. The number of rotatable bonds is 6. The van der Waals surface area contributed by atoms with Crippen molar-refractivity contribution in [1.29, 1.82) is 0 Å². The molecule has 0 amide bonds. The van der Waals surface area contributed by atoms with Gasteiger partial charge in [-0.15, -0.1) is 0 Å². The van der Waals surface area contributed by atoms with Crippen molar-refractivity contribution in [1.82, 2.24) is 4.98 Å². The summed E-state index contributed by atoms with van der Waals surface area (Å²) >= 11 is 0. The molecule has 3 rings (SSSR count). The average Bonchev–Trinajstić information content (AvgIpc) is 2.61. The van der Waals surface area contributed by atoms with E-state index in [0.29, 0.717) is 12.0 Å². The van der Waals surface area contributed by atoms with E-state index in [-0.39, 0.29) is 0 Å². The smallest absolute Gasteiger partial charge is 0.318 e. The molecule has 5 heteroatoms. The highest BCUT2D eigenvalue weighted by Crippen LogP contribution is 2.31. The Hall–Kier alpha value is -3.21. The highest BCUT2D eigenvalue weighted by Gasteiger charge is 2.36. The molecular formula is C20H17NO4. The quantitative estimate of drug-likeness (QED) is 0.675. The van der Waals surface area contributed by atoms with Gasteiger partial charge in [-0.1, -0.05) is 48.5 Å². The monoisotopic (exact) mass is 335 g/mol. The van der Waals surface area contributed by atoms with Crippen LogP contribution in [0.1, 0.15) is 17.0 Å². The largest absolute Gasteiger partial charge is 0.481 e. The van der Waals surface area contributed by atoms with Crippen molar-refractivity contribution < 1.29 is 19.8 Å². The normalized spacial score (nSPS) is 12.2. The molecule has 1 heterocycles. The van der Waals surface area contributed by atoms with Gasteiger partial charge in [0.15, 0.2) is 5.92 Å². The van der Waals surface area contributed by atoms with Gasteiger partial charge in [-0.3, -0.25) is 14.6 Å². The van der Waals surface area contributed by atoms with E-state index in [1.807, 2.05) is 42.5 Å². The van der Waals surface area contributed by atoms with Crippen LogP contribution in [-0.2, 0) is 16.0 Å². The van der Waals surface area contributed by atoms with Crippen molar-refractivity contribution in [3.8, 4) is 0 Å². The molecule has 126 valence electrons. The fourth-order valence-corrected chi connectivity index (χ4v) is 3.18. The van der Waals surface area contributed by atoms with Gasteiger partial charge in [0, 0.05) is 18.3 Å². The van der Waals surface area contributed by atoms with Crippen LogP contribution in [0, 0.1) is 5.92 Å². The number of carboxylic acid groups (broad SMARTS) is 2. The van der Waals surface area contributed by atoms with Gasteiger partial charge < -0.3 is 10.2 Å². The molecule has 25 heavy (non-hydrogen) atoms. The van der Waals surface area contributed by atoms with E-state index in [1.54, 1.807) is 18.3 Å². The Balaban J connectivity index is 2.08. The number of fused-ring (bicyclic) bond motifs is 1. The van der Waals surface area contributed by atoms with Crippen molar-refractivity contribution in [3.63, 3.8) is 0 Å². The summed E-state index contributed by atoms with van der Waals surface area (Å²) in [5.41, 5.74) is 1.52. The van der Waals surface area contributed by atoms with Gasteiger partial charge in [-0.25, -0.2) is 0 Å². The predicted molar refractivity (Wildman–Crippen MR) is 93.4 cm³/mol. The lowest BCUT2D eigenvalue weighted by Crippen LogP contribution is -2.31. The zero-order valence-electron chi connectivity index (χ0n) is 13.4. The molecule has 0 bridgehead atoms. The van der Waals surface area contributed by atoms with Crippen LogP contribution < -0.4 is 0 Å². The number of aromatic nitrogens is 1. The first-order valence-electron chi connectivity index (χ1n) is 7.90. The number of hydrogen-bond acceptors (Lipinski definition) is 3. The maximum absolute atomic E-state index is 11.6. The zero-order valence-corrected chi connectivity index (χ0v) is 13.4. The molecule has 0 saturated heterocycles. The summed E-state index contributed by atoms with van der Waals surface area (Å²) in [6, 6.07) is 17.0. The minimum absolute atomic E-state index is 0.302. The molecule has 1 unspecified atom stereocenters. The number of carbonyl (C=O) groups is 2. The van der Waals surface area contributed by atoms with Gasteiger partial charge in [-0.05, 0) is 34.4 Å². The topological polar surface area (TPSA) is 87.5 Å². The van der Waals surface area contributed by atoms with Crippen molar-refractivity contribution in [2.45, 2.75) is 12.3 Å². The Morgan fingerprint density at radius 3 is 2.32 bits per heavy atom. The molecule has 0 spiro atoms. The Bertz CT molecular complexity index is 888. The highest BCUT2D eigenvalue weighted by atomic mass is 16.4. The lowest BCUT2D eigenvalue weighted by Gasteiger charge is -2.22. The predicted octanol–water partition coefficient (Wildman–Crippen LogP) is 3.35. The van der Waals surface area contributed by atoms with Gasteiger partial charge in [0.1, 0.15) is 0 Å². The fraction of sp³-hybridized carbons (Fsp3) is 0.150. The minimum Gasteiger partial charge on any atom is -0.481 e. The molecule has 0 aliphatic carbocycles.